The summed E-state index contributed by atoms with van der Waals surface area (Å²) >= 11 is 0. The molecule has 2 heterocycles. The highest BCUT2D eigenvalue weighted by Gasteiger charge is 2.23. The molecule has 0 bridgehead atoms. The molecule has 0 aromatic carbocycles. The lowest BCUT2D eigenvalue weighted by molar-refractivity contribution is 0.203. The van der Waals surface area contributed by atoms with E-state index in [0.29, 0.717) is 0 Å². The number of hydrogen-bond acceptors (Lipinski definition) is 2. The number of rotatable bonds is 1. The summed E-state index contributed by atoms with van der Waals surface area (Å²) in [5.41, 5.74) is 0. The summed E-state index contributed by atoms with van der Waals surface area (Å²) in [6, 6.07) is 0.320. The predicted molar refractivity (Wildman–Crippen MR) is 60.2 cm³/mol. The van der Waals surface area contributed by atoms with Gasteiger partial charge in [0.25, 0.3) is 0 Å². The molecule has 2 amide bonds. The number of nitrogens with zero attached hydrogens (tertiary/aromatic N) is 1. The van der Waals surface area contributed by atoms with Gasteiger partial charge < -0.3 is 10.2 Å². The van der Waals surface area contributed by atoms with Crippen LogP contribution in [0.2, 0.25) is 0 Å². The van der Waals surface area contributed by atoms with Crippen molar-refractivity contribution in [2.45, 2.75) is 31.7 Å². The number of hydrogen-bond donors (Lipinski definition) is 1. The van der Waals surface area contributed by atoms with E-state index >= 15 is 0 Å². The molecular formula is C10H18N2O2S. The van der Waals surface area contributed by atoms with Crippen molar-refractivity contribution in [3.8, 4) is 0 Å². The van der Waals surface area contributed by atoms with Gasteiger partial charge >= 0.3 is 6.03 Å². The molecular weight excluding hydrogens is 212 g/mol. The van der Waals surface area contributed by atoms with Gasteiger partial charge in [0.15, 0.2) is 0 Å². The predicted octanol–water partition coefficient (Wildman–Crippen LogP) is 0.703. The fourth-order valence-corrected chi connectivity index (χ4v) is 3.42. The first-order chi connectivity index (χ1) is 7.25. The minimum absolute atomic E-state index is 0.0742. The van der Waals surface area contributed by atoms with Crippen LogP contribution in [-0.4, -0.2) is 45.8 Å². The van der Waals surface area contributed by atoms with Gasteiger partial charge in [-0.2, -0.15) is 0 Å². The Kier molecular flexibility index (Phi) is 3.61. The van der Waals surface area contributed by atoms with Crippen LogP contribution in [0.1, 0.15) is 25.7 Å². The zero-order valence-electron chi connectivity index (χ0n) is 8.91. The highest BCUT2D eigenvalue weighted by atomic mass is 32.2. The lowest BCUT2D eigenvalue weighted by Crippen LogP contribution is -2.45. The lowest BCUT2D eigenvalue weighted by atomic mass is 10.2. The van der Waals surface area contributed by atoms with Crippen molar-refractivity contribution < 1.29 is 9.00 Å². The summed E-state index contributed by atoms with van der Waals surface area (Å²) in [4.78, 5) is 13.6. The molecule has 0 aromatic rings. The SMILES string of the molecule is O=C(NC1CCS(=O)CC1)N1CCCC1. The minimum atomic E-state index is -0.643. The Morgan fingerprint density at radius 3 is 2.40 bits per heavy atom. The summed E-state index contributed by atoms with van der Waals surface area (Å²) in [6.07, 6.45) is 3.99. The zero-order chi connectivity index (χ0) is 10.7. The van der Waals surface area contributed by atoms with Crippen LogP contribution in [-0.2, 0) is 10.8 Å². The van der Waals surface area contributed by atoms with E-state index in [-0.39, 0.29) is 12.1 Å². The van der Waals surface area contributed by atoms with Crippen molar-refractivity contribution in [3.05, 3.63) is 0 Å². The van der Waals surface area contributed by atoms with E-state index in [1.807, 2.05) is 4.90 Å². The highest BCUT2D eigenvalue weighted by Crippen LogP contribution is 2.12. The molecule has 4 nitrogen and oxygen atoms in total. The van der Waals surface area contributed by atoms with Gasteiger partial charge in [-0.05, 0) is 25.7 Å². The summed E-state index contributed by atoms with van der Waals surface area (Å²) in [6.45, 7) is 1.79. The monoisotopic (exact) mass is 230 g/mol. The van der Waals surface area contributed by atoms with Crippen LogP contribution in [0.15, 0.2) is 0 Å². The molecule has 0 aromatic heterocycles. The van der Waals surface area contributed by atoms with Gasteiger partial charge in [0.1, 0.15) is 0 Å². The molecule has 0 aliphatic carbocycles. The third-order valence-corrected chi connectivity index (χ3v) is 4.49. The molecule has 2 fully saturated rings. The van der Waals surface area contributed by atoms with Crippen LogP contribution >= 0.6 is 0 Å². The number of carbonyl (C=O) groups is 1. The summed E-state index contributed by atoms with van der Waals surface area (Å²) in [7, 11) is -0.643. The number of urea groups is 1. The van der Waals surface area contributed by atoms with Gasteiger partial charge in [0.2, 0.25) is 0 Å². The van der Waals surface area contributed by atoms with Gasteiger partial charge in [0, 0.05) is 41.4 Å². The maximum Gasteiger partial charge on any atom is 0.317 e. The van der Waals surface area contributed by atoms with Crippen LogP contribution in [0.4, 0.5) is 4.79 Å². The van der Waals surface area contributed by atoms with Crippen molar-refractivity contribution in [2.75, 3.05) is 24.6 Å². The number of amides is 2. The maximum atomic E-state index is 11.7. The highest BCUT2D eigenvalue weighted by molar-refractivity contribution is 7.85. The van der Waals surface area contributed by atoms with Gasteiger partial charge in [-0.1, -0.05) is 0 Å². The molecule has 2 aliphatic rings. The minimum Gasteiger partial charge on any atom is -0.335 e. The molecule has 0 saturated carbocycles. The Balaban J connectivity index is 1.76. The first-order valence-electron chi connectivity index (χ1n) is 5.66. The van der Waals surface area contributed by atoms with Gasteiger partial charge in [-0.15, -0.1) is 0 Å². The van der Waals surface area contributed by atoms with E-state index in [1.165, 1.54) is 0 Å². The van der Waals surface area contributed by atoms with Crippen LogP contribution in [0.25, 0.3) is 0 Å². The molecule has 5 heteroatoms. The summed E-state index contributed by atoms with van der Waals surface area (Å²) < 4.78 is 11.1. The van der Waals surface area contributed by atoms with Crippen molar-refractivity contribution in [2.24, 2.45) is 0 Å². The topological polar surface area (TPSA) is 49.4 Å². The van der Waals surface area contributed by atoms with Crippen LogP contribution in [0.3, 0.4) is 0 Å². The average molecular weight is 230 g/mol. The van der Waals surface area contributed by atoms with Gasteiger partial charge in [0.05, 0.1) is 0 Å². The summed E-state index contributed by atoms with van der Waals surface area (Å²) in [5.74, 6) is 1.48. The van der Waals surface area contributed by atoms with Crippen molar-refractivity contribution in [3.63, 3.8) is 0 Å². The number of carbonyl (C=O) groups excluding carboxylic acids is 1. The van der Waals surface area contributed by atoms with Gasteiger partial charge in [-0.25, -0.2) is 4.79 Å². The Labute approximate surface area is 92.9 Å². The normalized spacial score (nSPS) is 31.6. The molecule has 0 spiro atoms. The molecule has 2 aliphatic heterocycles. The van der Waals surface area contributed by atoms with Crippen LogP contribution in [0, 0.1) is 0 Å². The molecule has 0 radical (unpaired) electrons. The summed E-state index contributed by atoms with van der Waals surface area (Å²) in [5, 5.41) is 3.03. The molecule has 0 atom stereocenters. The Morgan fingerprint density at radius 1 is 1.20 bits per heavy atom. The van der Waals surface area contributed by atoms with E-state index in [0.717, 1.165) is 50.3 Å². The van der Waals surface area contributed by atoms with Gasteiger partial charge in [-0.3, -0.25) is 4.21 Å². The first kappa shape index (κ1) is 10.9. The second-order valence-corrected chi connectivity index (χ2v) is 5.96. The first-order valence-corrected chi connectivity index (χ1v) is 7.15. The van der Waals surface area contributed by atoms with Crippen LogP contribution in [0.5, 0.6) is 0 Å². The number of likely N-dealkylation sites (tertiary alicyclic amines) is 1. The van der Waals surface area contributed by atoms with Crippen molar-refractivity contribution in [1.82, 2.24) is 10.2 Å². The molecule has 15 heavy (non-hydrogen) atoms. The quantitative estimate of drug-likeness (QED) is 0.721. The number of nitrogens with one attached hydrogen (secondary N) is 1. The van der Waals surface area contributed by atoms with Crippen molar-refractivity contribution in [1.29, 1.82) is 0 Å². The second kappa shape index (κ2) is 4.96. The maximum absolute atomic E-state index is 11.7. The van der Waals surface area contributed by atoms with Crippen molar-refractivity contribution >= 4 is 16.8 Å². The van der Waals surface area contributed by atoms with E-state index in [1.54, 1.807) is 0 Å². The molecule has 1 N–H and O–H groups in total. The lowest BCUT2D eigenvalue weighted by Gasteiger charge is -2.25. The average Bonchev–Trinajstić information content (AvgIpc) is 2.74. The zero-order valence-corrected chi connectivity index (χ0v) is 9.72. The molecule has 86 valence electrons. The van der Waals surface area contributed by atoms with E-state index in [4.69, 9.17) is 0 Å². The van der Waals surface area contributed by atoms with Crippen LogP contribution < -0.4 is 5.32 Å². The van der Waals surface area contributed by atoms with E-state index in [2.05, 4.69) is 5.32 Å². The largest absolute Gasteiger partial charge is 0.335 e. The third-order valence-electron chi connectivity index (χ3n) is 3.11. The Bertz CT molecular complexity index is 254. The standard InChI is InChI=1S/C10H18N2O2S/c13-10(12-5-1-2-6-12)11-9-3-7-15(14)8-4-9/h9H,1-8H2,(H,11,13). The Morgan fingerprint density at radius 2 is 1.80 bits per heavy atom. The molecule has 0 unspecified atom stereocenters. The second-order valence-electron chi connectivity index (χ2n) is 4.27. The van der Waals surface area contributed by atoms with E-state index < -0.39 is 10.8 Å². The fraction of sp³-hybridized carbons (Fsp3) is 0.900. The molecule has 2 saturated heterocycles. The Hall–Kier alpha value is -0.580. The smallest absolute Gasteiger partial charge is 0.317 e. The van der Waals surface area contributed by atoms with E-state index in [9.17, 15) is 9.00 Å². The third kappa shape index (κ3) is 2.93. The fourth-order valence-electron chi connectivity index (χ4n) is 2.12. The molecule has 2 rings (SSSR count).